The number of hydrogen-bond donors (Lipinski definition) is 3. The molecule has 17 nitrogen and oxygen atoms in total. The third-order valence-electron chi connectivity index (χ3n) is 17.2. The first-order valence-electron chi connectivity index (χ1n) is 37.7. The van der Waals surface area contributed by atoms with Gasteiger partial charge in [0, 0.05) is 25.7 Å². The van der Waals surface area contributed by atoms with Crippen LogP contribution in [0.25, 0.3) is 0 Å². The van der Waals surface area contributed by atoms with E-state index in [0.29, 0.717) is 31.6 Å². The molecule has 0 aliphatic carbocycles. The van der Waals surface area contributed by atoms with Crippen molar-refractivity contribution >= 4 is 39.5 Å². The number of unbranched alkanes of at least 4 members (excludes halogenated alkanes) is 35. The van der Waals surface area contributed by atoms with E-state index in [1.54, 1.807) is 0 Å². The summed E-state index contributed by atoms with van der Waals surface area (Å²) in [6.07, 6.45) is 45.9. The summed E-state index contributed by atoms with van der Waals surface area (Å²) >= 11 is 0. The van der Waals surface area contributed by atoms with Gasteiger partial charge in [-0.3, -0.25) is 37.3 Å². The molecular weight excluding hydrogens is 1210 g/mol. The average molecular weight is 1350 g/mol. The predicted molar refractivity (Wildman–Crippen MR) is 372 cm³/mol. The van der Waals surface area contributed by atoms with Crippen molar-refractivity contribution in [1.82, 2.24) is 0 Å². The van der Waals surface area contributed by atoms with Crippen LogP contribution in [-0.2, 0) is 65.4 Å². The van der Waals surface area contributed by atoms with Gasteiger partial charge in [-0.2, -0.15) is 0 Å². The van der Waals surface area contributed by atoms with Crippen LogP contribution in [0.15, 0.2) is 0 Å². The van der Waals surface area contributed by atoms with E-state index < -0.39 is 97.5 Å². The Labute approximate surface area is 562 Å². The number of phosphoric ester groups is 2. The van der Waals surface area contributed by atoms with E-state index in [1.165, 1.54) is 161 Å². The molecule has 546 valence electrons. The van der Waals surface area contributed by atoms with Crippen molar-refractivity contribution in [2.45, 2.75) is 382 Å². The summed E-state index contributed by atoms with van der Waals surface area (Å²) in [5.41, 5.74) is 0. The summed E-state index contributed by atoms with van der Waals surface area (Å²) in [5.74, 6) is 0.890. The van der Waals surface area contributed by atoms with Gasteiger partial charge in [0.05, 0.1) is 26.4 Å². The Kier molecular flexibility index (Phi) is 61.3. The molecule has 0 aromatic carbocycles. The highest BCUT2D eigenvalue weighted by Gasteiger charge is 2.30. The molecule has 0 saturated carbocycles. The summed E-state index contributed by atoms with van der Waals surface area (Å²) < 4.78 is 68.4. The molecule has 92 heavy (non-hydrogen) atoms. The maximum atomic E-state index is 13.0. The van der Waals surface area contributed by atoms with E-state index in [9.17, 15) is 43.2 Å². The minimum atomic E-state index is -4.95. The maximum absolute atomic E-state index is 13.0. The predicted octanol–water partition coefficient (Wildman–Crippen LogP) is 20.9. The van der Waals surface area contributed by atoms with Crippen molar-refractivity contribution in [3.8, 4) is 0 Å². The highest BCUT2D eigenvalue weighted by Crippen LogP contribution is 2.45. The van der Waals surface area contributed by atoms with E-state index in [4.69, 9.17) is 37.0 Å². The van der Waals surface area contributed by atoms with Gasteiger partial charge in [-0.05, 0) is 49.4 Å². The van der Waals surface area contributed by atoms with E-state index in [2.05, 4.69) is 55.4 Å². The molecule has 3 N–H and O–H groups in total. The van der Waals surface area contributed by atoms with Gasteiger partial charge in [-0.1, -0.05) is 312 Å². The van der Waals surface area contributed by atoms with E-state index in [1.807, 2.05) is 0 Å². The second-order valence-electron chi connectivity index (χ2n) is 28.0. The van der Waals surface area contributed by atoms with Gasteiger partial charge in [0.2, 0.25) is 0 Å². The van der Waals surface area contributed by atoms with Crippen molar-refractivity contribution in [2.75, 3.05) is 39.6 Å². The fraction of sp³-hybridized carbons (Fsp3) is 0.945. The maximum Gasteiger partial charge on any atom is 0.472 e. The number of rotatable bonds is 70. The molecule has 19 heteroatoms. The molecule has 4 unspecified atom stereocenters. The normalized spacial score (nSPS) is 14.5. The van der Waals surface area contributed by atoms with Crippen molar-refractivity contribution in [3.05, 3.63) is 0 Å². The summed E-state index contributed by atoms with van der Waals surface area (Å²) in [7, 11) is -9.91. The lowest BCUT2D eigenvalue weighted by Crippen LogP contribution is -2.30. The topological polar surface area (TPSA) is 237 Å². The Hall–Kier alpha value is -1.94. The number of carbonyl (C=O) groups is 4. The zero-order chi connectivity index (χ0) is 68.2. The van der Waals surface area contributed by atoms with Gasteiger partial charge < -0.3 is 33.8 Å². The molecule has 0 rings (SSSR count). The van der Waals surface area contributed by atoms with Crippen LogP contribution < -0.4 is 0 Å². The van der Waals surface area contributed by atoms with Gasteiger partial charge in [-0.15, -0.1) is 0 Å². The third-order valence-corrected chi connectivity index (χ3v) is 19.1. The Morgan fingerprint density at radius 3 is 0.772 bits per heavy atom. The Balaban J connectivity index is 5.22. The molecule has 0 aliphatic heterocycles. The molecular formula is C73H142O17P2. The van der Waals surface area contributed by atoms with Gasteiger partial charge >= 0.3 is 39.5 Å². The van der Waals surface area contributed by atoms with Crippen LogP contribution in [0, 0.1) is 23.7 Å². The number of carbonyl (C=O) groups excluding carboxylic acids is 4. The quantitative estimate of drug-likeness (QED) is 0.0222. The highest BCUT2D eigenvalue weighted by atomic mass is 31.2. The van der Waals surface area contributed by atoms with Gasteiger partial charge in [0.25, 0.3) is 0 Å². The molecule has 0 amide bonds. The van der Waals surface area contributed by atoms with Crippen molar-refractivity contribution in [1.29, 1.82) is 0 Å². The standard InChI is InChI=1S/C73H142O17P2/c1-9-66(8)52-44-36-28-22-23-31-40-48-56-73(78)90-69(60-84-71(76)54-46-38-32-24-27-35-43-51-65(6)7)62-88-92(81,82)86-58-67(74)57-85-91(79,80)87-61-68(89-72(77)55-47-39-30-21-17-19-26-34-42-50-64(4)5)59-83-70(75)53-45-37-29-20-16-14-12-10-11-13-15-18-25-33-41-49-63(2)3/h63-69,74H,9-62H2,1-8H3,(H,79,80)(H,81,82)/t66?,67?,68-,69-/m1/s1. The SMILES string of the molecule is CCC(C)CCCCCCCCCCC(=O)O[C@H](COC(=O)CCCCCCCCCC(C)C)COP(=O)(O)OCC(O)COP(=O)(O)OC[C@@H](COC(=O)CCCCCCCCCCCCCCCCCC(C)C)OC(=O)CCCCCCCCCCCC(C)C. The van der Waals surface area contributed by atoms with E-state index in [-0.39, 0.29) is 25.7 Å². The number of esters is 4. The first-order valence-corrected chi connectivity index (χ1v) is 40.7. The highest BCUT2D eigenvalue weighted by molar-refractivity contribution is 7.47. The molecule has 0 heterocycles. The second kappa shape index (κ2) is 62.6. The molecule has 0 fully saturated rings. The minimum absolute atomic E-state index is 0.104. The van der Waals surface area contributed by atoms with E-state index >= 15 is 0 Å². The van der Waals surface area contributed by atoms with E-state index in [0.717, 1.165) is 114 Å². The van der Waals surface area contributed by atoms with Crippen LogP contribution in [0.2, 0.25) is 0 Å². The van der Waals surface area contributed by atoms with Crippen LogP contribution in [-0.4, -0.2) is 96.7 Å². The molecule has 0 spiro atoms. The molecule has 6 atom stereocenters. The molecule has 0 aromatic rings. The fourth-order valence-electron chi connectivity index (χ4n) is 11.0. The monoisotopic (exact) mass is 1350 g/mol. The van der Waals surface area contributed by atoms with Gasteiger partial charge in [-0.25, -0.2) is 9.13 Å². The second-order valence-corrected chi connectivity index (χ2v) is 30.9. The zero-order valence-corrected chi connectivity index (χ0v) is 62.0. The first-order chi connectivity index (χ1) is 44.1. The zero-order valence-electron chi connectivity index (χ0n) is 60.2. The number of phosphoric acid groups is 2. The number of hydrogen-bond acceptors (Lipinski definition) is 15. The summed E-state index contributed by atoms with van der Waals surface area (Å²) in [4.78, 5) is 72.6. The van der Waals surface area contributed by atoms with Crippen LogP contribution in [0.3, 0.4) is 0 Å². The Morgan fingerprint density at radius 2 is 0.522 bits per heavy atom. The Bertz CT molecular complexity index is 1820. The fourth-order valence-corrected chi connectivity index (χ4v) is 12.6. The third kappa shape index (κ3) is 65.4. The molecule has 0 aliphatic rings. The Morgan fingerprint density at radius 1 is 0.304 bits per heavy atom. The molecule has 0 saturated heterocycles. The van der Waals surface area contributed by atoms with Crippen molar-refractivity contribution in [2.24, 2.45) is 23.7 Å². The average Bonchev–Trinajstić information content (AvgIpc) is 2.57. The minimum Gasteiger partial charge on any atom is -0.462 e. The number of ether oxygens (including phenoxy) is 4. The number of aliphatic hydroxyl groups is 1. The van der Waals surface area contributed by atoms with Crippen LogP contribution in [0.1, 0.15) is 364 Å². The van der Waals surface area contributed by atoms with Crippen molar-refractivity contribution < 1.29 is 80.2 Å². The largest absolute Gasteiger partial charge is 0.472 e. The summed E-state index contributed by atoms with van der Waals surface area (Å²) in [6.45, 7) is 14.1. The van der Waals surface area contributed by atoms with Crippen LogP contribution >= 0.6 is 15.6 Å². The van der Waals surface area contributed by atoms with Gasteiger partial charge in [0.15, 0.2) is 12.2 Å². The summed E-state index contributed by atoms with van der Waals surface area (Å²) in [5, 5.41) is 10.6. The number of aliphatic hydroxyl groups excluding tert-OH is 1. The lowest BCUT2D eigenvalue weighted by atomic mass is 9.99. The summed E-state index contributed by atoms with van der Waals surface area (Å²) in [6, 6.07) is 0. The van der Waals surface area contributed by atoms with Crippen LogP contribution in [0.5, 0.6) is 0 Å². The van der Waals surface area contributed by atoms with Gasteiger partial charge in [0.1, 0.15) is 19.3 Å². The molecule has 0 radical (unpaired) electrons. The smallest absolute Gasteiger partial charge is 0.462 e. The molecule has 0 aromatic heterocycles. The molecule has 0 bridgehead atoms. The lowest BCUT2D eigenvalue weighted by Gasteiger charge is -2.21. The lowest BCUT2D eigenvalue weighted by molar-refractivity contribution is -0.161. The van der Waals surface area contributed by atoms with Crippen LogP contribution in [0.4, 0.5) is 0 Å². The first kappa shape index (κ1) is 90.1. The van der Waals surface area contributed by atoms with Crippen molar-refractivity contribution in [3.63, 3.8) is 0 Å².